The molecule has 30 heavy (non-hydrogen) atoms. The minimum atomic E-state index is -2.33. The molecule has 172 valence electrons. The van der Waals surface area contributed by atoms with Gasteiger partial charge in [0.1, 0.15) is 0 Å². The van der Waals surface area contributed by atoms with Gasteiger partial charge in [-0.3, -0.25) is 4.79 Å². The third kappa shape index (κ3) is 9.47. The minimum Gasteiger partial charge on any atom is -0.420 e. The largest absolute Gasteiger partial charge is 0.420 e. The van der Waals surface area contributed by atoms with Crippen molar-refractivity contribution >= 4 is 14.3 Å². The fourth-order valence-corrected chi connectivity index (χ4v) is 2.64. The number of carbonyl (C=O) groups excluding carboxylic acids is 1. The molecule has 0 atom stereocenters. The molecule has 0 aliphatic carbocycles. The van der Waals surface area contributed by atoms with Crippen LogP contribution in [-0.4, -0.2) is 60.5 Å². The molecule has 0 fully saturated rings. The highest BCUT2D eigenvalue weighted by atomic mass is 28.4. The van der Waals surface area contributed by atoms with Crippen LogP contribution < -0.4 is 4.74 Å². The highest BCUT2D eigenvalue weighted by Gasteiger charge is 2.28. The number of carbonyl (C=O) groups is 1. The van der Waals surface area contributed by atoms with Crippen molar-refractivity contribution in [2.45, 2.75) is 26.1 Å². The number of benzene rings is 1. The smallest absolute Gasteiger partial charge is 0.313 e. The average molecular weight is 460 g/mol. The Morgan fingerprint density at radius 2 is 1.07 bits per heavy atom. The monoisotopic (exact) mass is 460 g/mol. The molecule has 12 heteroatoms. The molecule has 0 amide bonds. The number of hydrogen-bond acceptors (Lipinski definition) is 6. The number of ether oxygens (including phenoxy) is 4. The standard InChI is InChI=1S/C18H25F5O6Si/c1-30(2,3)28-11-10-27-9-8-26-7-6-25-5-4-12(24)29-18-16(22)14(20)13(19)15(21)17(18)23/h4-11H2,1-3H3. The summed E-state index contributed by atoms with van der Waals surface area (Å²) >= 11 is 0. The zero-order chi connectivity index (χ0) is 22.7. The zero-order valence-corrected chi connectivity index (χ0v) is 18.0. The third-order valence-electron chi connectivity index (χ3n) is 3.34. The Kier molecular flexibility index (Phi) is 11.4. The first-order chi connectivity index (χ1) is 14.0. The van der Waals surface area contributed by atoms with Crippen LogP contribution in [0.2, 0.25) is 19.6 Å². The second-order valence-corrected chi connectivity index (χ2v) is 11.4. The van der Waals surface area contributed by atoms with Gasteiger partial charge in [0.25, 0.3) is 0 Å². The summed E-state index contributed by atoms with van der Waals surface area (Å²) in [5, 5.41) is 0. The van der Waals surface area contributed by atoms with E-state index in [1.165, 1.54) is 0 Å². The van der Waals surface area contributed by atoms with Crippen LogP contribution in [0.15, 0.2) is 0 Å². The molecular formula is C18H25F5O6Si. The van der Waals surface area contributed by atoms with Gasteiger partial charge < -0.3 is 23.4 Å². The van der Waals surface area contributed by atoms with Gasteiger partial charge in [0, 0.05) is 0 Å². The van der Waals surface area contributed by atoms with Crippen LogP contribution in [-0.2, 0) is 23.4 Å². The fraction of sp³-hybridized carbons (Fsp3) is 0.611. The average Bonchev–Trinajstić information content (AvgIpc) is 2.68. The Bertz CT molecular complexity index is 670. The molecule has 0 saturated carbocycles. The van der Waals surface area contributed by atoms with Crippen molar-refractivity contribution in [2.24, 2.45) is 0 Å². The first-order valence-corrected chi connectivity index (χ1v) is 12.5. The van der Waals surface area contributed by atoms with Crippen LogP contribution in [0.4, 0.5) is 22.0 Å². The van der Waals surface area contributed by atoms with E-state index in [4.69, 9.17) is 18.6 Å². The normalized spacial score (nSPS) is 11.7. The second-order valence-electron chi connectivity index (χ2n) is 6.92. The lowest BCUT2D eigenvalue weighted by Crippen LogP contribution is -2.27. The summed E-state index contributed by atoms with van der Waals surface area (Å²) in [7, 11) is -1.54. The molecule has 0 bridgehead atoms. The van der Waals surface area contributed by atoms with Gasteiger partial charge >= 0.3 is 5.97 Å². The van der Waals surface area contributed by atoms with Crippen molar-refractivity contribution in [3.05, 3.63) is 29.1 Å². The molecular weight excluding hydrogens is 435 g/mol. The predicted molar refractivity (Wildman–Crippen MR) is 98.2 cm³/mol. The van der Waals surface area contributed by atoms with Crippen LogP contribution in [0.1, 0.15) is 6.42 Å². The Morgan fingerprint density at radius 1 is 0.667 bits per heavy atom. The molecule has 0 heterocycles. The van der Waals surface area contributed by atoms with Gasteiger partial charge in [-0.05, 0) is 19.6 Å². The van der Waals surface area contributed by atoms with Crippen LogP contribution in [0, 0.1) is 29.1 Å². The van der Waals surface area contributed by atoms with E-state index >= 15 is 0 Å². The van der Waals surface area contributed by atoms with Crippen molar-refractivity contribution < 1.29 is 50.1 Å². The Balaban J connectivity index is 2.12. The van der Waals surface area contributed by atoms with Crippen LogP contribution in [0.3, 0.4) is 0 Å². The van der Waals surface area contributed by atoms with E-state index in [1.807, 2.05) is 0 Å². The summed E-state index contributed by atoms with van der Waals surface area (Å²) in [6, 6.07) is 0. The molecule has 6 nitrogen and oxygen atoms in total. The van der Waals surface area contributed by atoms with Gasteiger partial charge in [0.2, 0.25) is 34.8 Å². The summed E-state index contributed by atoms with van der Waals surface area (Å²) in [5.74, 6) is -14.0. The Labute approximate surface area is 172 Å². The lowest BCUT2D eigenvalue weighted by atomic mass is 10.2. The van der Waals surface area contributed by atoms with Crippen molar-refractivity contribution in [1.82, 2.24) is 0 Å². The zero-order valence-electron chi connectivity index (χ0n) is 17.0. The maximum atomic E-state index is 13.4. The van der Waals surface area contributed by atoms with E-state index in [0.717, 1.165) is 0 Å². The van der Waals surface area contributed by atoms with Gasteiger partial charge in [0.05, 0.1) is 52.7 Å². The van der Waals surface area contributed by atoms with E-state index in [9.17, 15) is 26.7 Å². The number of halogens is 5. The number of rotatable bonds is 14. The van der Waals surface area contributed by atoms with Crippen LogP contribution in [0.25, 0.3) is 0 Å². The Hall–Kier alpha value is -1.60. The maximum absolute atomic E-state index is 13.4. The highest BCUT2D eigenvalue weighted by molar-refractivity contribution is 6.69. The van der Waals surface area contributed by atoms with Gasteiger partial charge in [-0.1, -0.05) is 0 Å². The molecule has 0 spiro atoms. The molecule has 1 aromatic carbocycles. The molecule has 0 aliphatic rings. The second kappa shape index (κ2) is 12.9. The van der Waals surface area contributed by atoms with Gasteiger partial charge in [-0.2, -0.15) is 8.78 Å². The maximum Gasteiger partial charge on any atom is 0.313 e. The Morgan fingerprint density at radius 3 is 1.53 bits per heavy atom. The molecule has 0 radical (unpaired) electrons. The SMILES string of the molecule is C[Si](C)(C)OCCOCCOCCOCCC(=O)Oc1c(F)c(F)c(F)c(F)c1F. The van der Waals surface area contributed by atoms with Crippen molar-refractivity contribution in [2.75, 3.05) is 46.2 Å². The quantitative estimate of drug-likeness (QED) is 0.0805. The van der Waals surface area contributed by atoms with Crippen molar-refractivity contribution in [3.63, 3.8) is 0 Å². The molecule has 0 unspecified atom stereocenters. The first-order valence-electron chi connectivity index (χ1n) is 9.14. The number of hydrogen-bond donors (Lipinski definition) is 0. The van der Waals surface area contributed by atoms with E-state index in [1.54, 1.807) is 0 Å². The summed E-state index contributed by atoms with van der Waals surface area (Å²) < 4.78 is 91.3. The first kappa shape index (κ1) is 26.4. The van der Waals surface area contributed by atoms with Crippen LogP contribution >= 0.6 is 0 Å². The third-order valence-corrected chi connectivity index (χ3v) is 4.41. The lowest BCUT2D eigenvalue weighted by molar-refractivity contribution is -0.136. The molecule has 1 rings (SSSR count). The minimum absolute atomic E-state index is 0.120. The molecule has 0 N–H and O–H groups in total. The molecule has 1 aromatic rings. The summed E-state index contributed by atoms with van der Waals surface area (Å²) in [4.78, 5) is 11.5. The summed E-state index contributed by atoms with van der Waals surface area (Å²) in [5.41, 5.74) is 0. The van der Waals surface area contributed by atoms with E-state index in [-0.39, 0.29) is 19.8 Å². The summed E-state index contributed by atoms with van der Waals surface area (Å²) in [6.45, 7) is 8.08. The van der Waals surface area contributed by atoms with E-state index in [2.05, 4.69) is 24.4 Å². The predicted octanol–water partition coefficient (Wildman–Crippen LogP) is 3.58. The molecule has 0 saturated heterocycles. The molecule has 0 aliphatic heterocycles. The topological polar surface area (TPSA) is 63.2 Å². The summed E-state index contributed by atoms with van der Waals surface area (Å²) in [6.07, 6.45) is -0.459. The number of esters is 1. The van der Waals surface area contributed by atoms with Crippen molar-refractivity contribution in [3.8, 4) is 5.75 Å². The lowest BCUT2D eigenvalue weighted by Gasteiger charge is -2.16. The van der Waals surface area contributed by atoms with Crippen LogP contribution in [0.5, 0.6) is 5.75 Å². The van der Waals surface area contributed by atoms with Gasteiger partial charge in [-0.15, -0.1) is 0 Å². The van der Waals surface area contributed by atoms with E-state index < -0.39 is 55.5 Å². The molecule has 0 aromatic heterocycles. The highest BCUT2D eigenvalue weighted by Crippen LogP contribution is 2.29. The fourth-order valence-electron chi connectivity index (χ4n) is 1.94. The van der Waals surface area contributed by atoms with Gasteiger partial charge in [0.15, 0.2) is 8.32 Å². The van der Waals surface area contributed by atoms with Gasteiger partial charge in [-0.25, -0.2) is 13.2 Å². The van der Waals surface area contributed by atoms with Crippen molar-refractivity contribution in [1.29, 1.82) is 0 Å². The van der Waals surface area contributed by atoms with E-state index in [0.29, 0.717) is 26.4 Å².